The van der Waals surface area contributed by atoms with Crippen LogP contribution < -0.4 is 0 Å². The van der Waals surface area contributed by atoms with E-state index in [1.54, 1.807) is 0 Å². The fourth-order valence-electron chi connectivity index (χ4n) is 5.35. The molecule has 33 heavy (non-hydrogen) atoms. The van der Waals surface area contributed by atoms with Crippen molar-refractivity contribution in [2.75, 3.05) is 39.5 Å². The molecule has 1 amide bonds. The molecule has 0 radical (unpaired) electrons. The number of amides is 1. The fraction of sp³-hybridized carbons (Fsp3) is 0.429. The van der Waals surface area contributed by atoms with Gasteiger partial charge in [-0.15, -0.1) is 0 Å². The minimum atomic E-state index is -0.512. The third kappa shape index (κ3) is 4.53. The molecule has 3 aromatic rings. The lowest BCUT2D eigenvalue weighted by atomic mass is 9.72. The van der Waals surface area contributed by atoms with Crippen molar-refractivity contribution in [3.05, 3.63) is 77.5 Å². The first-order chi connectivity index (χ1) is 16.2. The highest BCUT2D eigenvalue weighted by atomic mass is 16.5. The lowest BCUT2D eigenvalue weighted by molar-refractivity contribution is -0.141. The van der Waals surface area contributed by atoms with Crippen LogP contribution in [0.5, 0.6) is 0 Å². The SMILES string of the molecule is Cc1ccc(C2(C(=O)N3CCOC[C@H](Cc4cccc5cccnc45)C3)CCOCC2)cc1. The van der Waals surface area contributed by atoms with Crippen LogP contribution >= 0.6 is 0 Å². The zero-order valence-electron chi connectivity index (χ0n) is 19.3. The maximum Gasteiger partial charge on any atom is 0.233 e. The molecule has 172 valence electrons. The summed E-state index contributed by atoms with van der Waals surface area (Å²) in [4.78, 5) is 20.8. The number of benzene rings is 2. The van der Waals surface area contributed by atoms with E-state index in [9.17, 15) is 4.79 Å². The maximum atomic E-state index is 14.1. The molecule has 1 atom stereocenters. The van der Waals surface area contributed by atoms with E-state index in [2.05, 4.69) is 65.3 Å². The number of hydrogen-bond acceptors (Lipinski definition) is 4. The van der Waals surface area contributed by atoms with E-state index in [0.29, 0.717) is 39.5 Å². The Morgan fingerprint density at radius 1 is 1.03 bits per heavy atom. The molecule has 2 saturated heterocycles. The van der Waals surface area contributed by atoms with E-state index < -0.39 is 5.41 Å². The predicted octanol–water partition coefficient (Wildman–Crippen LogP) is 4.31. The molecule has 2 aliphatic rings. The molecule has 2 fully saturated rings. The molecule has 5 rings (SSSR count). The molecule has 3 heterocycles. The minimum Gasteiger partial charge on any atom is -0.381 e. The van der Waals surface area contributed by atoms with Crippen LogP contribution in [0, 0.1) is 12.8 Å². The normalized spacial score (nSPS) is 21.0. The fourth-order valence-corrected chi connectivity index (χ4v) is 5.35. The Labute approximate surface area is 195 Å². The lowest BCUT2D eigenvalue weighted by Gasteiger charge is -2.40. The van der Waals surface area contributed by atoms with Crippen molar-refractivity contribution in [1.29, 1.82) is 0 Å². The number of rotatable bonds is 4. The number of nitrogens with zero attached hydrogens (tertiary/aromatic N) is 2. The van der Waals surface area contributed by atoms with E-state index >= 15 is 0 Å². The van der Waals surface area contributed by atoms with Crippen molar-refractivity contribution in [2.45, 2.75) is 31.6 Å². The Morgan fingerprint density at radius 2 is 1.82 bits per heavy atom. The first kappa shape index (κ1) is 22.1. The Hall–Kier alpha value is -2.76. The molecular weight excluding hydrogens is 412 g/mol. The van der Waals surface area contributed by atoms with E-state index in [0.717, 1.165) is 35.7 Å². The molecule has 0 unspecified atom stereocenters. The largest absolute Gasteiger partial charge is 0.381 e. The number of para-hydroxylation sites is 1. The van der Waals surface area contributed by atoms with Gasteiger partial charge in [-0.25, -0.2) is 0 Å². The van der Waals surface area contributed by atoms with Crippen molar-refractivity contribution in [2.24, 2.45) is 5.92 Å². The second kappa shape index (κ2) is 9.62. The Balaban J connectivity index is 1.40. The van der Waals surface area contributed by atoms with Crippen LogP contribution in [0.15, 0.2) is 60.8 Å². The maximum absolute atomic E-state index is 14.1. The monoisotopic (exact) mass is 444 g/mol. The second-order valence-corrected chi connectivity index (χ2v) is 9.45. The van der Waals surface area contributed by atoms with Crippen LogP contribution in [-0.2, 0) is 26.1 Å². The Kier molecular flexibility index (Phi) is 6.43. The van der Waals surface area contributed by atoms with Gasteiger partial charge in [-0.2, -0.15) is 0 Å². The Bertz CT molecular complexity index is 1100. The van der Waals surface area contributed by atoms with Crippen molar-refractivity contribution >= 4 is 16.8 Å². The van der Waals surface area contributed by atoms with Crippen LogP contribution in [0.1, 0.15) is 29.5 Å². The molecular formula is C28H32N2O3. The van der Waals surface area contributed by atoms with Crippen molar-refractivity contribution < 1.29 is 14.3 Å². The van der Waals surface area contributed by atoms with Gasteiger partial charge in [-0.05, 0) is 43.4 Å². The number of pyridine rings is 1. The third-order valence-corrected chi connectivity index (χ3v) is 7.21. The van der Waals surface area contributed by atoms with Crippen LogP contribution in [0.4, 0.5) is 0 Å². The molecule has 0 saturated carbocycles. The van der Waals surface area contributed by atoms with Gasteiger partial charge in [0.15, 0.2) is 0 Å². The van der Waals surface area contributed by atoms with Gasteiger partial charge in [-0.3, -0.25) is 9.78 Å². The van der Waals surface area contributed by atoms with Crippen LogP contribution in [-0.4, -0.2) is 55.3 Å². The molecule has 2 aliphatic heterocycles. The highest BCUT2D eigenvalue weighted by molar-refractivity contribution is 5.88. The summed E-state index contributed by atoms with van der Waals surface area (Å²) in [6.07, 6.45) is 4.15. The van der Waals surface area contributed by atoms with Crippen molar-refractivity contribution in [3.63, 3.8) is 0 Å². The standard InChI is InChI=1S/C28H32N2O3/c1-21-7-9-25(10-8-21)28(11-15-32-16-12-28)27(31)30-14-17-33-20-22(19-30)18-24-5-2-4-23-6-3-13-29-26(23)24/h2-10,13,22H,11-12,14-20H2,1H3/t22-/m1/s1. The van der Waals surface area contributed by atoms with Gasteiger partial charge in [0.25, 0.3) is 0 Å². The summed E-state index contributed by atoms with van der Waals surface area (Å²) in [5, 5.41) is 1.15. The van der Waals surface area contributed by atoms with E-state index in [4.69, 9.17) is 9.47 Å². The predicted molar refractivity (Wildman–Crippen MR) is 129 cm³/mol. The summed E-state index contributed by atoms with van der Waals surface area (Å²) < 4.78 is 11.6. The van der Waals surface area contributed by atoms with Crippen LogP contribution in [0.25, 0.3) is 10.9 Å². The van der Waals surface area contributed by atoms with E-state index in [-0.39, 0.29) is 11.8 Å². The van der Waals surface area contributed by atoms with Crippen LogP contribution in [0.3, 0.4) is 0 Å². The van der Waals surface area contributed by atoms with Gasteiger partial charge in [0.2, 0.25) is 5.91 Å². The average Bonchev–Trinajstić information content (AvgIpc) is 3.10. The summed E-state index contributed by atoms with van der Waals surface area (Å²) in [6.45, 7) is 5.91. The molecule has 0 aliphatic carbocycles. The van der Waals surface area contributed by atoms with Gasteiger partial charge in [-0.1, -0.05) is 54.1 Å². The number of fused-ring (bicyclic) bond motifs is 1. The topological polar surface area (TPSA) is 51.7 Å². The molecule has 0 spiro atoms. The van der Waals surface area contributed by atoms with E-state index in [1.807, 2.05) is 12.3 Å². The molecule has 2 aromatic carbocycles. The van der Waals surface area contributed by atoms with Crippen molar-refractivity contribution in [3.8, 4) is 0 Å². The lowest BCUT2D eigenvalue weighted by Crippen LogP contribution is -2.51. The quantitative estimate of drug-likeness (QED) is 0.602. The Morgan fingerprint density at radius 3 is 2.64 bits per heavy atom. The summed E-state index contributed by atoms with van der Waals surface area (Å²) in [5.74, 6) is 0.458. The number of hydrogen-bond donors (Lipinski definition) is 0. The molecule has 0 bridgehead atoms. The number of aromatic nitrogens is 1. The molecule has 0 N–H and O–H groups in total. The second-order valence-electron chi connectivity index (χ2n) is 9.45. The minimum absolute atomic E-state index is 0.223. The number of carbonyl (C=O) groups is 1. The summed E-state index contributed by atoms with van der Waals surface area (Å²) in [6, 6.07) is 18.9. The summed E-state index contributed by atoms with van der Waals surface area (Å²) in [5.41, 5.74) is 4.07. The molecule has 5 heteroatoms. The molecule has 5 nitrogen and oxygen atoms in total. The van der Waals surface area contributed by atoms with E-state index in [1.165, 1.54) is 11.1 Å². The summed E-state index contributed by atoms with van der Waals surface area (Å²) >= 11 is 0. The smallest absolute Gasteiger partial charge is 0.233 e. The third-order valence-electron chi connectivity index (χ3n) is 7.21. The highest BCUT2D eigenvalue weighted by Crippen LogP contribution is 2.37. The van der Waals surface area contributed by atoms with Crippen LogP contribution in [0.2, 0.25) is 0 Å². The highest BCUT2D eigenvalue weighted by Gasteiger charge is 2.44. The zero-order valence-corrected chi connectivity index (χ0v) is 19.3. The molecule has 1 aromatic heterocycles. The number of aryl methyl sites for hydroxylation is 1. The van der Waals surface area contributed by atoms with Gasteiger partial charge in [0.05, 0.1) is 24.1 Å². The zero-order chi connectivity index (χ0) is 22.7. The number of ether oxygens (including phenoxy) is 2. The van der Waals surface area contributed by atoms with Crippen molar-refractivity contribution in [1.82, 2.24) is 9.88 Å². The van der Waals surface area contributed by atoms with Gasteiger partial charge < -0.3 is 14.4 Å². The first-order valence-corrected chi connectivity index (χ1v) is 12.0. The summed E-state index contributed by atoms with van der Waals surface area (Å²) in [7, 11) is 0. The number of carbonyl (C=O) groups excluding carboxylic acids is 1. The van der Waals surface area contributed by atoms with Gasteiger partial charge in [0.1, 0.15) is 0 Å². The first-order valence-electron chi connectivity index (χ1n) is 12.0. The van der Waals surface area contributed by atoms with Gasteiger partial charge >= 0.3 is 0 Å². The average molecular weight is 445 g/mol. The van der Waals surface area contributed by atoms with Gasteiger partial charge in [0, 0.05) is 43.8 Å².